The van der Waals surface area contributed by atoms with Gasteiger partial charge in [-0.05, 0) is 29.7 Å². The number of ether oxygens (including phenoxy) is 1. The summed E-state index contributed by atoms with van der Waals surface area (Å²) < 4.78 is 5.09. The summed E-state index contributed by atoms with van der Waals surface area (Å²) in [6.45, 7) is 8.21. The maximum absolute atomic E-state index is 12.2. The monoisotopic (exact) mass is 264 g/mol. The molecule has 1 spiro atoms. The van der Waals surface area contributed by atoms with Gasteiger partial charge in [-0.3, -0.25) is 9.59 Å². The van der Waals surface area contributed by atoms with E-state index in [9.17, 15) is 14.7 Å². The van der Waals surface area contributed by atoms with Crippen LogP contribution < -0.4 is 0 Å². The number of hydrogen-bond acceptors (Lipinski definition) is 4. The van der Waals surface area contributed by atoms with Crippen LogP contribution in [0.3, 0.4) is 0 Å². The maximum atomic E-state index is 12.2. The van der Waals surface area contributed by atoms with E-state index in [1.54, 1.807) is 0 Å². The maximum Gasteiger partial charge on any atom is 0.319 e. The number of rotatable bonds is 0. The summed E-state index contributed by atoms with van der Waals surface area (Å²) in [5.41, 5.74) is -0.755. The van der Waals surface area contributed by atoms with E-state index in [0.717, 1.165) is 6.42 Å². The Labute approximate surface area is 112 Å². The van der Waals surface area contributed by atoms with Crippen molar-refractivity contribution in [1.29, 1.82) is 0 Å². The lowest BCUT2D eigenvalue weighted by atomic mass is 9.62. The summed E-state index contributed by atoms with van der Waals surface area (Å²) in [5, 5.41) is 10.7. The van der Waals surface area contributed by atoms with Crippen LogP contribution in [0.15, 0.2) is 12.2 Å². The molecule has 3 rings (SSSR count). The van der Waals surface area contributed by atoms with Gasteiger partial charge in [0, 0.05) is 6.42 Å². The van der Waals surface area contributed by atoms with Gasteiger partial charge < -0.3 is 9.84 Å². The van der Waals surface area contributed by atoms with Crippen LogP contribution in [0.25, 0.3) is 0 Å². The molecule has 0 amide bonds. The Morgan fingerprint density at radius 2 is 2.11 bits per heavy atom. The molecule has 5 atom stereocenters. The number of ketones is 1. The van der Waals surface area contributed by atoms with Crippen molar-refractivity contribution in [2.45, 2.75) is 39.2 Å². The number of cyclic esters (lactones) is 1. The Hall–Kier alpha value is -1.16. The minimum absolute atomic E-state index is 0.0810. The fourth-order valence-corrected chi connectivity index (χ4v) is 4.41. The Balaban J connectivity index is 2.12. The molecule has 2 aliphatic carbocycles. The first kappa shape index (κ1) is 12.9. The zero-order valence-electron chi connectivity index (χ0n) is 11.4. The van der Waals surface area contributed by atoms with Gasteiger partial charge in [0.05, 0.1) is 12.0 Å². The summed E-state index contributed by atoms with van der Waals surface area (Å²) in [6.07, 6.45) is 0.832. The van der Waals surface area contributed by atoms with Crippen molar-refractivity contribution in [3.05, 3.63) is 12.2 Å². The number of aliphatic hydroxyl groups is 1. The minimum atomic E-state index is -1.05. The molecule has 2 saturated carbocycles. The highest BCUT2D eigenvalue weighted by atomic mass is 16.5. The normalized spacial score (nSPS) is 49.6. The van der Waals surface area contributed by atoms with Crippen molar-refractivity contribution in [3.63, 3.8) is 0 Å². The molecule has 0 aromatic rings. The number of esters is 1. The standard InChI is InChI=1S/C15H20O4/c1-8-4-5-10(16)11-12(17)15(7-14(8,11)3)9(2)6-19-13(15)18/h8,11-12,17H,2,4-7H2,1,3H3/t8?,11-,12?,14-,15-/m1/s1. The third-order valence-corrected chi connectivity index (χ3v) is 5.86. The van der Waals surface area contributed by atoms with E-state index in [-0.39, 0.29) is 17.8 Å². The first-order valence-electron chi connectivity index (χ1n) is 6.90. The average molecular weight is 264 g/mol. The molecule has 1 saturated heterocycles. The second-order valence-corrected chi connectivity index (χ2v) is 6.66. The van der Waals surface area contributed by atoms with Crippen molar-refractivity contribution in [2.24, 2.45) is 22.7 Å². The summed E-state index contributed by atoms with van der Waals surface area (Å²) in [6, 6.07) is 0. The van der Waals surface area contributed by atoms with Gasteiger partial charge in [0.25, 0.3) is 0 Å². The van der Waals surface area contributed by atoms with Gasteiger partial charge in [-0.15, -0.1) is 0 Å². The molecule has 1 aliphatic heterocycles. The molecule has 0 bridgehead atoms. The number of Topliss-reactive ketones (excluding diaryl/α,β-unsaturated/α-hetero) is 1. The second kappa shape index (κ2) is 3.69. The smallest absolute Gasteiger partial charge is 0.319 e. The molecule has 4 heteroatoms. The van der Waals surface area contributed by atoms with E-state index in [4.69, 9.17) is 4.74 Å². The molecule has 0 aromatic carbocycles. The first-order valence-corrected chi connectivity index (χ1v) is 6.90. The lowest BCUT2D eigenvalue weighted by Gasteiger charge is -2.41. The van der Waals surface area contributed by atoms with Crippen molar-refractivity contribution in [2.75, 3.05) is 6.61 Å². The third-order valence-electron chi connectivity index (χ3n) is 5.86. The van der Waals surface area contributed by atoms with Crippen LogP contribution in [0.1, 0.15) is 33.1 Å². The number of hydrogen-bond donors (Lipinski definition) is 1. The quantitative estimate of drug-likeness (QED) is 0.531. The van der Waals surface area contributed by atoms with Gasteiger partial charge in [0.15, 0.2) is 0 Å². The fourth-order valence-electron chi connectivity index (χ4n) is 4.41. The van der Waals surface area contributed by atoms with Crippen molar-refractivity contribution < 1.29 is 19.4 Å². The highest BCUT2D eigenvalue weighted by Crippen LogP contribution is 2.63. The van der Waals surface area contributed by atoms with Gasteiger partial charge in [-0.1, -0.05) is 20.4 Å². The Morgan fingerprint density at radius 3 is 2.63 bits per heavy atom. The zero-order chi connectivity index (χ0) is 14.0. The third kappa shape index (κ3) is 1.33. The van der Waals surface area contributed by atoms with Crippen LogP contribution in [0, 0.1) is 22.7 Å². The van der Waals surface area contributed by atoms with E-state index in [0.29, 0.717) is 24.3 Å². The van der Waals surface area contributed by atoms with Crippen LogP contribution in [-0.2, 0) is 14.3 Å². The molecule has 0 aromatic heterocycles. The second-order valence-electron chi connectivity index (χ2n) is 6.66. The largest absolute Gasteiger partial charge is 0.460 e. The van der Waals surface area contributed by atoms with Crippen molar-refractivity contribution in [1.82, 2.24) is 0 Å². The number of fused-ring (bicyclic) bond motifs is 1. The zero-order valence-corrected chi connectivity index (χ0v) is 11.4. The molecule has 4 nitrogen and oxygen atoms in total. The summed E-state index contributed by atoms with van der Waals surface area (Å²) in [7, 11) is 0. The molecule has 1 N–H and O–H groups in total. The highest BCUT2D eigenvalue weighted by molar-refractivity contribution is 5.90. The molecule has 3 aliphatic rings. The van der Waals surface area contributed by atoms with Crippen LogP contribution >= 0.6 is 0 Å². The number of carbonyl (C=O) groups excluding carboxylic acids is 2. The fraction of sp³-hybridized carbons (Fsp3) is 0.733. The highest BCUT2D eigenvalue weighted by Gasteiger charge is 2.69. The lowest BCUT2D eigenvalue weighted by Crippen LogP contribution is -2.44. The molecular weight excluding hydrogens is 244 g/mol. The van der Waals surface area contributed by atoms with Crippen LogP contribution in [0.4, 0.5) is 0 Å². The first-order chi connectivity index (χ1) is 8.84. The van der Waals surface area contributed by atoms with Gasteiger partial charge >= 0.3 is 5.97 Å². The Morgan fingerprint density at radius 1 is 1.42 bits per heavy atom. The Bertz CT molecular complexity index is 465. The summed E-state index contributed by atoms with van der Waals surface area (Å²) in [5.74, 6) is -0.470. The van der Waals surface area contributed by atoms with Gasteiger partial charge in [0.1, 0.15) is 17.8 Å². The van der Waals surface area contributed by atoms with E-state index in [1.807, 2.05) is 6.92 Å². The molecule has 19 heavy (non-hydrogen) atoms. The van der Waals surface area contributed by atoms with Crippen molar-refractivity contribution >= 4 is 11.8 Å². The molecule has 104 valence electrons. The van der Waals surface area contributed by atoms with Gasteiger partial charge in [-0.25, -0.2) is 0 Å². The number of aliphatic hydroxyl groups excluding tert-OH is 1. The molecular formula is C15H20O4. The van der Waals surface area contributed by atoms with E-state index in [1.165, 1.54) is 0 Å². The van der Waals surface area contributed by atoms with E-state index in [2.05, 4.69) is 13.5 Å². The van der Waals surface area contributed by atoms with Crippen LogP contribution in [-0.4, -0.2) is 29.6 Å². The molecule has 0 radical (unpaired) electrons. The topological polar surface area (TPSA) is 63.6 Å². The average Bonchev–Trinajstić information content (AvgIpc) is 2.77. The lowest BCUT2D eigenvalue weighted by molar-refractivity contribution is -0.150. The predicted molar refractivity (Wildman–Crippen MR) is 68.2 cm³/mol. The minimum Gasteiger partial charge on any atom is -0.460 e. The van der Waals surface area contributed by atoms with Crippen molar-refractivity contribution in [3.8, 4) is 0 Å². The number of carbonyl (C=O) groups is 2. The van der Waals surface area contributed by atoms with Gasteiger partial charge in [0.2, 0.25) is 0 Å². The van der Waals surface area contributed by atoms with Gasteiger partial charge in [-0.2, -0.15) is 0 Å². The Kier molecular flexibility index (Phi) is 2.50. The van der Waals surface area contributed by atoms with Crippen LogP contribution in [0.5, 0.6) is 0 Å². The predicted octanol–water partition coefficient (Wildman–Crippen LogP) is 1.47. The van der Waals surface area contributed by atoms with Crippen LogP contribution in [0.2, 0.25) is 0 Å². The molecule has 3 fully saturated rings. The van der Waals surface area contributed by atoms with E-state index < -0.39 is 23.4 Å². The summed E-state index contributed by atoms with van der Waals surface area (Å²) in [4.78, 5) is 24.4. The summed E-state index contributed by atoms with van der Waals surface area (Å²) >= 11 is 0. The SMILES string of the molecule is C=C1COC(=O)[C@]12C[C@]1(C)C(C)CCC(=O)[C@@H]1C2O. The molecule has 2 unspecified atom stereocenters. The molecule has 1 heterocycles. The van der Waals surface area contributed by atoms with E-state index >= 15 is 0 Å².